The molecule has 1 N–H and O–H groups in total. The Bertz CT molecular complexity index is 256. The van der Waals surface area contributed by atoms with E-state index in [4.69, 9.17) is 0 Å². The van der Waals surface area contributed by atoms with E-state index in [1.54, 1.807) is 11.3 Å². The van der Waals surface area contributed by atoms with Crippen molar-refractivity contribution >= 4 is 23.5 Å². The van der Waals surface area contributed by atoms with Gasteiger partial charge in [-0.1, -0.05) is 6.07 Å². The number of amides is 1. The molecular formula is C8H9NO2S. The summed E-state index contributed by atoms with van der Waals surface area (Å²) in [5.41, 5.74) is 0. The highest BCUT2D eigenvalue weighted by atomic mass is 32.1. The van der Waals surface area contributed by atoms with Crippen molar-refractivity contribution in [3.8, 4) is 0 Å². The highest BCUT2D eigenvalue weighted by Gasteiger charge is 1.97. The molecule has 3 nitrogen and oxygen atoms in total. The number of hydrogen-bond donors (Lipinski definition) is 1. The van der Waals surface area contributed by atoms with Gasteiger partial charge >= 0.3 is 0 Å². The highest BCUT2D eigenvalue weighted by Crippen LogP contribution is 2.07. The Hall–Kier alpha value is -1.16. The Morgan fingerprint density at radius 1 is 1.67 bits per heavy atom. The smallest absolute Gasteiger partial charge is 0.284 e. The van der Waals surface area contributed by atoms with Crippen LogP contribution in [0.3, 0.4) is 0 Å². The molecule has 0 spiro atoms. The highest BCUT2D eigenvalue weighted by molar-refractivity contribution is 7.09. The summed E-state index contributed by atoms with van der Waals surface area (Å²) < 4.78 is 0. The van der Waals surface area contributed by atoms with Crippen LogP contribution >= 0.6 is 11.3 Å². The number of rotatable bonds is 4. The van der Waals surface area contributed by atoms with E-state index in [-0.39, 0.29) is 6.29 Å². The van der Waals surface area contributed by atoms with Crippen molar-refractivity contribution in [2.45, 2.75) is 6.42 Å². The summed E-state index contributed by atoms with van der Waals surface area (Å²) in [5.74, 6) is -0.549. The zero-order chi connectivity index (χ0) is 8.81. The summed E-state index contributed by atoms with van der Waals surface area (Å²) in [6, 6.07) is 3.96. The first kappa shape index (κ1) is 8.93. The number of hydrogen-bond acceptors (Lipinski definition) is 3. The summed E-state index contributed by atoms with van der Waals surface area (Å²) in [6.45, 7) is 0.526. The van der Waals surface area contributed by atoms with Crippen LogP contribution < -0.4 is 5.32 Å². The van der Waals surface area contributed by atoms with E-state index in [1.165, 1.54) is 4.88 Å². The van der Waals surface area contributed by atoms with Gasteiger partial charge in [0.05, 0.1) is 0 Å². The first-order chi connectivity index (χ1) is 5.83. The van der Waals surface area contributed by atoms with Gasteiger partial charge in [-0.2, -0.15) is 0 Å². The van der Waals surface area contributed by atoms with Crippen molar-refractivity contribution in [1.82, 2.24) is 5.32 Å². The first-order valence-electron chi connectivity index (χ1n) is 3.58. The molecular weight excluding hydrogens is 174 g/mol. The third-order valence-corrected chi connectivity index (χ3v) is 2.29. The second-order valence-corrected chi connectivity index (χ2v) is 3.27. The van der Waals surface area contributed by atoms with E-state index < -0.39 is 5.91 Å². The van der Waals surface area contributed by atoms with Crippen LogP contribution in [0.1, 0.15) is 4.88 Å². The van der Waals surface area contributed by atoms with Crippen LogP contribution in [-0.2, 0) is 16.0 Å². The Balaban J connectivity index is 2.19. The van der Waals surface area contributed by atoms with Gasteiger partial charge in [-0.3, -0.25) is 9.59 Å². The molecule has 64 valence electrons. The lowest BCUT2D eigenvalue weighted by atomic mass is 10.3. The van der Waals surface area contributed by atoms with Crippen LogP contribution in [0.4, 0.5) is 0 Å². The third-order valence-electron chi connectivity index (χ3n) is 1.36. The van der Waals surface area contributed by atoms with E-state index in [0.29, 0.717) is 6.54 Å². The van der Waals surface area contributed by atoms with E-state index in [1.807, 2.05) is 17.5 Å². The summed E-state index contributed by atoms with van der Waals surface area (Å²) >= 11 is 1.64. The molecule has 12 heavy (non-hydrogen) atoms. The van der Waals surface area contributed by atoms with Crippen LogP contribution in [0.15, 0.2) is 17.5 Å². The van der Waals surface area contributed by atoms with E-state index in [0.717, 1.165) is 6.42 Å². The SMILES string of the molecule is O=CC(=O)NCCc1cccs1. The fraction of sp³-hybridized carbons (Fsp3) is 0.250. The number of carbonyl (C=O) groups excluding carboxylic acids is 2. The first-order valence-corrected chi connectivity index (χ1v) is 4.46. The summed E-state index contributed by atoms with van der Waals surface area (Å²) in [4.78, 5) is 21.6. The molecule has 0 aliphatic carbocycles. The van der Waals surface area contributed by atoms with Crippen molar-refractivity contribution in [3.63, 3.8) is 0 Å². The Kier molecular flexibility index (Phi) is 3.47. The van der Waals surface area contributed by atoms with Crippen molar-refractivity contribution in [3.05, 3.63) is 22.4 Å². The van der Waals surface area contributed by atoms with E-state index in [9.17, 15) is 9.59 Å². The summed E-state index contributed by atoms with van der Waals surface area (Å²) in [6.07, 6.45) is 1.08. The lowest BCUT2D eigenvalue weighted by Crippen LogP contribution is -2.26. The lowest BCUT2D eigenvalue weighted by molar-refractivity contribution is -0.131. The van der Waals surface area contributed by atoms with Crippen LogP contribution in [0, 0.1) is 0 Å². The Morgan fingerprint density at radius 2 is 2.50 bits per heavy atom. The zero-order valence-electron chi connectivity index (χ0n) is 6.45. The molecule has 1 amide bonds. The van der Waals surface area contributed by atoms with Gasteiger partial charge in [-0.05, 0) is 17.9 Å². The molecule has 1 aromatic rings. The van der Waals surface area contributed by atoms with Crippen LogP contribution in [-0.4, -0.2) is 18.7 Å². The minimum atomic E-state index is -0.549. The minimum absolute atomic E-state index is 0.286. The van der Waals surface area contributed by atoms with Crippen molar-refractivity contribution in [2.75, 3.05) is 6.54 Å². The van der Waals surface area contributed by atoms with Crippen LogP contribution in [0.5, 0.6) is 0 Å². The fourth-order valence-corrected chi connectivity index (χ4v) is 1.51. The molecule has 0 aliphatic rings. The molecule has 0 saturated heterocycles. The molecule has 0 unspecified atom stereocenters. The standard InChI is InChI=1S/C8H9NO2S/c10-6-8(11)9-4-3-7-2-1-5-12-7/h1-2,5-6H,3-4H2,(H,9,11). The van der Waals surface area contributed by atoms with Crippen molar-refractivity contribution in [1.29, 1.82) is 0 Å². The quantitative estimate of drug-likeness (QED) is 0.549. The molecule has 0 atom stereocenters. The number of thiophene rings is 1. The largest absolute Gasteiger partial charge is 0.349 e. The molecule has 1 heterocycles. The monoisotopic (exact) mass is 183 g/mol. The molecule has 1 aromatic heterocycles. The van der Waals surface area contributed by atoms with Crippen LogP contribution in [0.25, 0.3) is 0 Å². The van der Waals surface area contributed by atoms with Gasteiger partial charge in [0.15, 0.2) is 0 Å². The Morgan fingerprint density at radius 3 is 3.08 bits per heavy atom. The van der Waals surface area contributed by atoms with Crippen molar-refractivity contribution in [2.24, 2.45) is 0 Å². The van der Waals surface area contributed by atoms with Gasteiger partial charge in [0.1, 0.15) is 0 Å². The van der Waals surface area contributed by atoms with Gasteiger partial charge in [0, 0.05) is 11.4 Å². The molecule has 0 saturated carbocycles. The number of aldehydes is 1. The second kappa shape index (κ2) is 4.66. The van der Waals surface area contributed by atoms with E-state index >= 15 is 0 Å². The molecule has 0 fully saturated rings. The molecule has 1 rings (SSSR count). The Labute approximate surface area is 74.4 Å². The molecule has 0 aliphatic heterocycles. The zero-order valence-corrected chi connectivity index (χ0v) is 7.26. The second-order valence-electron chi connectivity index (χ2n) is 2.24. The number of nitrogens with one attached hydrogen (secondary N) is 1. The predicted molar refractivity (Wildman–Crippen MR) is 47.1 cm³/mol. The predicted octanol–water partition coefficient (Wildman–Crippen LogP) is 0.606. The molecule has 0 bridgehead atoms. The number of carbonyl (C=O) groups is 2. The van der Waals surface area contributed by atoms with Gasteiger partial charge in [-0.15, -0.1) is 11.3 Å². The maximum Gasteiger partial charge on any atom is 0.284 e. The van der Waals surface area contributed by atoms with Gasteiger partial charge in [0.25, 0.3) is 5.91 Å². The van der Waals surface area contributed by atoms with Gasteiger partial charge < -0.3 is 5.32 Å². The van der Waals surface area contributed by atoms with Gasteiger partial charge in [-0.25, -0.2) is 0 Å². The minimum Gasteiger partial charge on any atom is -0.349 e. The molecule has 0 aromatic carbocycles. The summed E-state index contributed by atoms with van der Waals surface area (Å²) in [7, 11) is 0. The van der Waals surface area contributed by atoms with Gasteiger partial charge in [0.2, 0.25) is 6.29 Å². The van der Waals surface area contributed by atoms with Crippen molar-refractivity contribution < 1.29 is 9.59 Å². The summed E-state index contributed by atoms with van der Waals surface area (Å²) in [5, 5.41) is 4.45. The lowest BCUT2D eigenvalue weighted by Gasteiger charge is -1.97. The average molecular weight is 183 g/mol. The maximum absolute atomic E-state index is 10.5. The van der Waals surface area contributed by atoms with Crippen LogP contribution in [0.2, 0.25) is 0 Å². The third kappa shape index (κ3) is 2.84. The topological polar surface area (TPSA) is 46.2 Å². The van der Waals surface area contributed by atoms with E-state index in [2.05, 4.69) is 5.32 Å². The average Bonchev–Trinajstić information content (AvgIpc) is 2.57. The normalized spacial score (nSPS) is 9.33. The maximum atomic E-state index is 10.5. The molecule has 0 radical (unpaired) electrons. The fourth-order valence-electron chi connectivity index (χ4n) is 0.805. The molecule has 4 heteroatoms.